The van der Waals surface area contributed by atoms with Crippen LogP contribution in [0.3, 0.4) is 0 Å². The molecule has 35 heavy (non-hydrogen) atoms. The van der Waals surface area contributed by atoms with Crippen LogP contribution in [0.4, 0.5) is 4.39 Å². The highest BCUT2D eigenvalue weighted by Crippen LogP contribution is 2.59. The lowest BCUT2D eigenvalue weighted by Crippen LogP contribution is -2.28. The van der Waals surface area contributed by atoms with Crippen molar-refractivity contribution in [3.05, 3.63) is 71.8 Å². The van der Waals surface area contributed by atoms with Crippen molar-refractivity contribution in [2.24, 2.45) is 13.0 Å². The van der Waals surface area contributed by atoms with E-state index in [2.05, 4.69) is 26.1 Å². The molecule has 6 rings (SSSR count). The molecule has 9 heteroatoms. The van der Waals surface area contributed by atoms with E-state index < -0.39 is 0 Å². The number of halogens is 1. The van der Waals surface area contributed by atoms with Gasteiger partial charge in [0.25, 0.3) is 0 Å². The molecule has 0 unspecified atom stereocenters. The van der Waals surface area contributed by atoms with Gasteiger partial charge in [-0.05, 0) is 56.0 Å². The Morgan fingerprint density at radius 3 is 2.86 bits per heavy atom. The summed E-state index contributed by atoms with van der Waals surface area (Å²) < 4.78 is 24.3. The van der Waals surface area contributed by atoms with Crippen LogP contribution in [0.2, 0.25) is 0 Å². The summed E-state index contributed by atoms with van der Waals surface area (Å²) in [5.41, 5.74) is 2.88. The fourth-order valence-corrected chi connectivity index (χ4v) is 6.30. The first-order chi connectivity index (χ1) is 17.0. The Labute approximate surface area is 208 Å². The molecule has 2 fully saturated rings. The van der Waals surface area contributed by atoms with Gasteiger partial charge in [0, 0.05) is 55.8 Å². The van der Waals surface area contributed by atoms with Crippen molar-refractivity contribution < 1.29 is 8.81 Å². The van der Waals surface area contributed by atoms with Gasteiger partial charge in [-0.2, -0.15) is 0 Å². The van der Waals surface area contributed by atoms with Gasteiger partial charge < -0.3 is 18.5 Å². The lowest BCUT2D eigenvalue weighted by molar-refractivity contribution is 0.299. The molecule has 1 aliphatic heterocycles. The molecule has 182 valence electrons. The minimum absolute atomic E-state index is 0.0883. The Balaban J connectivity index is 1.02. The van der Waals surface area contributed by atoms with E-state index in [1.165, 1.54) is 18.4 Å². The molecule has 7 nitrogen and oxygen atoms in total. The molecule has 1 saturated heterocycles. The van der Waals surface area contributed by atoms with Gasteiger partial charge in [-0.15, -0.1) is 10.2 Å². The van der Waals surface area contributed by atoms with Crippen LogP contribution in [0.25, 0.3) is 11.6 Å². The summed E-state index contributed by atoms with van der Waals surface area (Å²) >= 11 is 1.72. The minimum Gasteiger partial charge on any atom is -0.440 e. The topological polar surface area (TPSA) is 64.9 Å². The van der Waals surface area contributed by atoms with E-state index in [1.807, 2.05) is 53.7 Å². The summed E-state index contributed by atoms with van der Waals surface area (Å²) in [6.45, 7) is 5.66. The van der Waals surface area contributed by atoms with E-state index >= 15 is 0 Å². The molecule has 0 amide bonds. The van der Waals surface area contributed by atoms with Gasteiger partial charge in [-0.3, -0.25) is 0 Å². The molecule has 4 aromatic rings. The highest BCUT2D eigenvalue weighted by atomic mass is 32.2. The molecule has 4 heterocycles. The number of benzene rings is 1. The van der Waals surface area contributed by atoms with Crippen molar-refractivity contribution in [2.75, 3.05) is 25.4 Å². The Kier molecular flexibility index (Phi) is 5.76. The summed E-state index contributed by atoms with van der Waals surface area (Å²) in [6, 6.07) is 9.86. The quantitative estimate of drug-likeness (QED) is 0.253. The zero-order valence-corrected chi connectivity index (χ0v) is 20.8. The number of piperidine rings is 1. The maximum absolute atomic E-state index is 14.9. The van der Waals surface area contributed by atoms with E-state index in [0.29, 0.717) is 24.0 Å². The maximum Gasteiger partial charge on any atom is 0.202 e. The first-order valence-corrected chi connectivity index (χ1v) is 13.1. The Bertz CT molecular complexity index is 1330. The minimum atomic E-state index is -0.0883. The molecule has 0 spiro atoms. The number of hydrogen-bond donors (Lipinski definition) is 0. The van der Waals surface area contributed by atoms with Gasteiger partial charge in [0.1, 0.15) is 5.82 Å². The second kappa shape index (κ2) is 8.95. The van der Waals surface area contributed by atoms with Gasteiger partial charge >= 0.3 is 0 Å². The third-order valence-electron chi connectivity index (χ3n) is 7.50. The number of rotatable bonds is 9. The van der Waals surface area contributed by atoms with Crippen molar-refractivity contribution >= 4 is 11.8 Å². The number of aromatic nitrogens is 5. The van der Waals surface area contributed by atoms with Crippen LogP contribution >= 0.6 is 11.8 Å². The van der Waals surface area contributed by atoms with Gasteiger partial charge in [0.15, 0.2) is 17.3 Å². The number of aryl methyl sites for hydroxylation is 1. The zero-order valence-electron chi connectivity index (χ0n) is 20.0. The Morgan fingerprint density at radius 2 is 2.09 bits per heavy atom. The molecular formula is C26H29FN6OS. The van der Waals surface area contributed by atoms with E-state index in [4.69, 9.17) is 4.42 Å². The molecule has 0 radical (unpaired) electrons. The van der Waals surface area contributed by atoms with E-state index in [-0.39, 0.29) is 11.2 Å². The summed E-state index contributed by atoms with van der Waals surface area (Å²) in [4.78, 5) is 6.68. The average molecular weight is 493 g/mol. The van der Waals surface area contributed by atoms with Gasteiger partial charge in [0.2, 0.25) is 5.82 Å². The van der Waals surface area contributed by atoms with Gasteiger partial charge in [-0.1, -0.05) is 23.9 Å². The summed E-state index contributed by atoms with van der Waals surface area (Å²) in [5, 5.41) is 9.49. The molecule has 2 aliphatic rings. The fourth-order valence-electron chi connectivity index (χ4n) is 5.47. The van der Waals surface area contributed by atoms with Gasteiger partial charge in [-0.25, -0.2) is 9.37 Å². The fraction of sp³-hybridized carbons (Fsp3) is 0.423. The predicted molar refractivity (Wildman–Crippen MR) is 133 cm³/mol. The van der Waals surface area contributed by atoms with Crippen LogP contribution in [0.1, 0.15) is 29.7 Å². The molecular weight excluding hydrogens is 463 g/mol. The van der Waals surface area contributed by atoms with Crippen molar-refractivity contribution in [1.82, 2.24) is 29.2 Å². The average Bonchev–Trinajstić information content (AvgIpc) is 3.37. The smallest absolute Gasteiger partial charge is 0.202 e. The van der Waals surface area contributed by atoms with Crippen molar-refractivity contribution in [3.8, 4) is 11.6 Å². The summed E-state index contributed by atoms with van der Waals surface area (Å²) in [5.74, 6) is 2.90. The highest BCUT2D eigenvalue weighted by Gasteiger charge is 2.60. The Morgan fingerprint density at radius 1 is 1.23 bits per heavy atom. The van der Waals surface area contributed by atoms with Crippen LogP contribution in [-0.4, -0.2) is 54.6 Å². The second-order valence-electron chi connectivity index (χ2n) is 9.79. The molecule has 2 atom stereocenters. The van der Waals surface area contributed by atoms with E-state index in [0.717, 1.165) is 48.2 Å². The summed E-state index contributed by atoms with van der Waals surface area (Å²) in [6.07, 6.45) is 7.62. The lowest BCUT2D eigenvalue weighted by atomic mass is 9.93. The first kappa shape index (κ1) is 22.5. The van der Waals surface area contributed by atoms with Crippen LogP contribution in [-0.2, 0) is 19.0 Å². The van der Waals surface area contributed by atoms with E-state index in [1.54, 1.807) is 17.8 Å². The molecule has 1 aliphatic carbocycles. The maximum atomic E-state index is 14.9. The van der Waals surface area contributed by atoms with Crippen molar-refractivity contribution in [2.45, 2.75) is 36.9 Å². The molecule has 3 aromatic heterocycles. The SMILES string of the molecule is Cc1ncoc1-c1nnc(SCCCN2C[C@H]3C[C@@]3(c3ccc(Cn4cccc4)c(F)c3)C2)n1C. The third-order valence-corrected chi connectivity index (χ3v) is 8.60. The molecule has 0 bridgehead atoms. The second-order valence-corrected chi connectivity index (χ2v) is 10.9. The standard InChI is InChI=1S/C26H29FN6OS/c1-18-23(34-17-28-18)24-29-30-25(31(24)2)35-11-5-10-33-15-21-13-26(21,16-33)20-7-6-19(22(27)12-20)14-32-8-3-4-9-32/h3-4,6-9,12,17,21H,5,10-11,13-16H2,1-2H3/t21-,26+/m1/s1. The number of nitrogens with zero attached hydrogens (tertiary/aromatic N) is 6. The van der Waals surface area contributed by atoms with Crippen LogP contribution in [0.5, 0.6) is 0 Å². The number of fused-ring (bicyclic) bond motifs is 1. The number of oxazole rings is 1. The van der Waals surface area contributed by atoms with Crippen LogP contribution in [0, 0.1) is 18.7 Å². The highest BCUT2D eigenvalue weighted by molar-refractivity contribution is 7.99. The molecule has 1 aromatic carbocycles. The van der Waals surface area contributed by atoms with Gasteiger partial charge in [0.05, 0.1) is 5.69 Å². The largest absolute Gasteiger partial charge is 0.440 e. The zero-order chi connectivity index (χ0) is 24.0. The number of hydrogen-bond acceptors (Lipinski definition) is 6. The van der Waals surface area contributed by atoms with E-state index in [9.17, 15) is 4.39 Å². The van der Waals surface area contributed by atoms with Crippen molar-refractivity contribution in [3.63, 3.8) is 0 Å². The monoisotopic (exact) mass is 492 g/mol. The number of thioether (sulfide) groups is 1. The number of likely N-dealkylation sites (tertiary alicyclic amines) is 1. The van der Waals surface area contributed by atoms with Crippen LogP contribution < -0.4 is 0 Å². The normalized spacial score (nSPS) is 21.5. The Hall–Kier alpha value is -2.91. The molecule has 0 N–H and O–H groups in total. The molecule has 1 saturated carbocycles. The first-order valence-electron chi connectivity index (χ1n) is 12.1. The van der Waals surface area contributed by atoms with Crippen LogP contribution in [0.15, 0.2) is 58.7 Å². The predicted octanol–water partition coefficient (Wildman–Crippen LogP) is 4.52. The third kappa shape index (κ3) is 4.21. The summed E-state index contributed by atoms with van der Waals surface area (Å²) in [7, 11) is 1.96. The van der Waals surface area contributed by atoms with Crippen molar-refractivity contribution in [1.29, 1.82) is 0 Å². The lowest BCUT2D eigenvalue weighted by Gasteiger charge is -2.21.